The largest absolute Gasteiger partial charge is 0.377 e. The van der Waals surface area contributed by atoms with Crippen LogP contribution in [0.25, 0.3) is 0 Å². The summed E-state index contributed by atoms with van der Waals surface area (Å²) in [7, 11) is 0. The Balaban J connectivity index is 1.63. The Kier molecular flexibility index (Phi) is 3.39. The molecule has 1 fully saturated rings. The smallest absolute Gasteiger partial charge is 0.0716 e. The van der Waals surface area contributed by atoms with Crippen molar-refractivity contribution >= 4 is 0 Å². The molecule has 2 nitrogen and oxygen atoms in total. The van der Waals surface area contributed by atoms with E-state index in [9.17, 15) is 0 Å². The number of hydrogen-bond acceptors (Lipinski definition) is 2. The standard InChI is InChI=1S/C13H19NO/c14-13(7-4-8-13)9-10-15-11-12-5-2-1-3-6-12/h1-3,5-6H,4,7-11,14H2. The molecule has 0 bridgehead atoms. The second-order valence-corrected chi connectivity index (χ2v) is 4.50. The Labute approximate surface area is 91.4 Å². The first-order valence-electron chi connectivity index (χ1n) is 5.69. The van der Waals surface area contributed by atoms with Crippen LogP contribution < -0.4 is 5.73 Å². The molecule has 0 amide bonds. The minimum atomic E-state index is 0.0939. The Morgan fingerprint density at radius 3 is 2.53 bits per heavy atom. The second kappa shape index (κ2) is 4.77. The molecule has 0 unspecified atom stereocenters. The first kappa shape index (κ1) is 10.7. The van der Waals surface area contributed by atoms with E-state index in [1.165, 1.54) is 24.8 Å². The zero-order valence-electron chi connectivity index (χ0n) is 9.11. The highest BCUT2D eigenvalue weighted by Crippen LogP contribution is 2.31. The Morgan fingerprint density at radius 2 is 1.93 bits per heavy atom. The molecule has 0 aromatic heterocycles. The maximum Gasteiger partial charge on any atom is 0.0716 e. The number of ether oxygens (including phenoxy) is 1. The van der Waals surface area contributed by atoms with Crippen molar-refractivity contribution in [2.24, 2.45) is 5.73 Å². The fourth-order valence-corrected chi connectivity index (χ4v) is 1.92. The Morgan fingerprint density at radius 1 is 1.20 bits per heavy atom. The van der Waals surface area contributed by atoms with Crippen LogP contribution >= 0.6 is 0 Å². The summed E-state index contributed by atoms with van der Waals surface area (Å²) in [6.07, 6.45) is 4.62. The predicted octanol–water partition coefficient (Wildman–Crippen LogP) is 2.47. The molecule has 2 rings (SSSR count). The monoisotopic (exact) mass is 205 g/mol. The number of rotatable bonds is 5. The lowest BCUT2D eigenvalue weighted by atomic mass is 9.76. The van der Waals surface area contributed by atoms with Crippen LogP contribution in [0, 0.1) is 0 Å². The van der Waals surface area contributed by atoms with E-state index in [-0.39, 0.29) is 5.54 Å². The molecule has 0 heterocycles. The third kappa shape index (κ3) is 3.05. The molecule has 0 atom stereocenters. The number of hydrogen-bond donors (Lipinski definition) is 1. The molecule has 0 spiro atoms. The van der Waals surface area contributed by atoms with Crippen LogP contribution in [0.15, 0.2) is 30.3 Å². The first-order valence-corrected chi connectivity index (χ1v) is 5.69. The van der Waals surface area contributed by atoms with Crippen LogP contribution in [-0.2, 0) is 11.3 Å². The molecule has 1 aromatic rings. The van der Waals surface area contributed by atoms with Gasteiger partial charge in [0.15, 0.2) is 0 Å². The topological polar surface area (TPSA) is 35.2 Å². The molecule has 1 aliphatic rings. The van der Waals surface area contributed by atoms with Gasteiger partial charge in [-0.15, -0.1) is 0 Å². The van der Waals surface area contributed by atoms with Crippen molar-refractivity contribution in [2.45, 2.75) is 37.8 Å². The summed E-state index contributed by atoms with van der Waals surface area (Å²) >= 11 is 0. The SMILES string of the molecule is NC1(CCOCc2ccccc2)CCC1. The van der Waals surface area contributed by atoms with Crippen molar-refractivity contribution in [1.82, 2.24) is 0 Å². The molecule has 0 radical (unpaired) electrons. The summed E-state index contributed by atoms with van der Waals surface area (Å²) in [4.78, 5) is 0. The summed E-state index contributed by atoms with van der Waals surface area (Å²) < 4.78 is 5.61. The maximum absolute atomic E-state index is 6.10. The molecule has 0 saturated heterocycles. The fraction of sp³-hybridized carbons (Fsp3) is 0.538. The average molecular weight is 205 g/mol. The minimum Gasteiger partial charge on any atom is -0.377 e. The van der Waals surface area contributed by atoms with Gasteiger partial charge in [-0.05, 0) is 31.2 Å². The van der Waals surface area contributed by atoms with Gasteiger partial charge < -0.3 is 10.5 Å². The Bertz CT molecular complexity index is 293. The van der Waals surface area contributed by atoms with Crippen LogP contribution in [0.1, 0.15) is 31.2 Å². The Hall–Kier alpha value is -0.860. The molecular weight excluding hydrogens is 186 g/mol. The van der Waals surface area contributed by atoms with Crippen LogP contribution in [0.5, 0.6) is 0 Å². The average Bonchev–Trinajstić information content (AvgIpc) is 2.23. The van der Waals surface area contributed by atoms with Gasteiger partial charge in [-0.25, -0.2) is 0 Å². The third-order valence-electron chi connectivity index (χ3n) is 3.21. The molecule has 2 heteroatoms. The zero-order chi connectivity index (χ0) is 10.6. The fourth-order valence-electron chi connectivity index (χ4n) is 1.92. The van der Waals surface area contributed by atoms with Crippen molar-refractivity contribution in [3.63, 3.8) is 0 Å². The summed E-state index contributed by atoms with van der Waals surface area (Å²) in [5, 5.41) is 0. The summed E-state index contributed by atoms with van der Waals surface area (Å²) in [6.45, 7) is 1.49. The van der Waals surface area contributed by atoms with Crippen molar-refractivity contribution in [2.75, 3.05) is 6.61 Å². The summed E-state index contributed by atoms with van der Waals surface area (Å²) in [5.74, 6) is 0. The number of nitrogens with two attached hydrogens (primary N) is 1. The van der Waals surface area contributed by atoms with Gasteiger partial charge in [0.1, 0.15) is 0 Å². The zero-order valence-corrected chi connectivity index (χ0v) is 9.11. The van der Waals surface area contributed by atoms with Crippen molar-refractivity contribution in [3.8, 4) is 0 Å². The van der Waals surface area contributed by atoms with Gasteiger partial charge in [-0.1, -0.05) is 30.3 Å². The van der Waals surface area contributed by atoms with Crippen LogP contribution in [-0.4, -0.2) is 12.1 Å². The van der Waals surface area contributed by atoms with E-state index in [0.717, 1.165) is 13.0 Å². The lowest BCUT2D eigenvalue weighted by Crippen LogP contribution is -2.47. The quantitative estimate of drug-likeness (QED) is 0.749. The van der Waals surface area contributed by atoms with Gasteiger partial charge >= 0.3 is 0 Å². The molecule has 15 heavy (non-hydrogen) atoms. The van der Waals surface area contributed by atoms with E-state index >= 15 is 0 Å². The highest BCUT2D eigenvalue weighted by atomic mass is 16.5. The van der Waals surface area contributed by atoms with E-state index in [1.807, 2.05) is 18.2 Å². The van der Waals surface area contributed by atoms with Gasteiger partial charge in [0.25, 0.3) is 0 Å². The third-order valence-corrected chi connectivity index (χ3v) is 3.21. The van der Waals surface area contributed by atoms with E-state index < -0.39 is 0 Å². The van der Waals surface area contributed by atoms with E-state index in [1.54, 1.807) is 0 Å². The highest BCUT2D eigenvalue weighted by Gasteiger charge is 2.31. The maximum atomic E-state index is 6.10. The normalized spacial score (nSPS) is 18.5. The van der Waals surface area contributed by atoms with Crippen LogP contribution in [0.3, 0.4) is 0 Å². The lowest BCUT2D eigenvalue weighted by Gasteiger charge is -2.38. The highest BCUT2D eigenvalue weighted by molar-refractivity contribution is 5.13. The summed E-state index contributed by atoms with van der Waals surface area (Å²) in [6, 6.07) is 10.3. The van der Waals surface area contributed by atoms with Gasteiger partial charge in [-0.3, -0.25) is 0 Å². The molecule has 82 valence electrons. The first-order chi connectivity index (χ1) is 7.29. The lowest BCUT2D eigenvalue weighted by molar-refractivity contribution is 0.0842. The van der Waals surface area contributed by atoms with Gasteiger partial charge in [0, 0.05) is 12.1 Å². The molecule has 1 aromatic carbocycles. The van der Waals surface area contributed by atoms with Gasteiger partial charge in [-0.2, -0.15) is 0 Å². The van der Waals surface area contributed by atoms with Gasteiger partial charge in [0.2, 0.25) is 0 Å². The van der Waals surface area contributed by atoms with E-state index in [4.69, 9.17) is 10.5 Å². The van der Waals surface area contributed by atoms with E-state index in [0.29, 0.717) is 6.61 Å². The van der Waals surface area contributed by atoms with Crippen molar-refractivity contribution in [1.29, 1.82) is 0 Å². The number of benzene rings is 1. The molecule has 1 aliphatic carbocycles. The molecule has 0 aliphatic heterocycles. The molecule has 1 saturated carbocycles. The van der Waals surface area contributed by atoms with Crippen LogP contribution in [0.2, 0.25) is 0 Å². The van der Waals surface area contributed by atoms with Crippen molar-refractivity contribution in [3.05, 3.63) is 35.9 Å². The molecular formula is C13H19NO. The van der Waals surface area contributed by atoms with Gasteiger partial charge in [0.05, 0.1) is 6.61 Å². The summed E-state index contributed by atoms with van der Waals surface area (Å²) in [5.41, 5.74) is 7.43. The molecule has 2 N–H and O–H groups in total. The predicted molar refractivity (Wildman–Crippen MR) is 61.5 cm³/mol. The minimum absolute atomic E-state index is 0.0939. The van der Waals surface area contributed by atoms with Crippen molar-refractivity contribution < 1.29 is 4.74 Å². The van der Waals surface area contributed by atoms with E-state index in [2.05, 4.69) is 12.1 Å². The second-order valence-electron chi connectivity index (χ2n) is 4.50. The van der Waals surface area contributed by atoms with Crippen LogP contribution in [0.4, 0.5) is 0 Å².